The Kier molecular flexibility index (Phi) is 4.29. The first kappa shape index (κ1) is 14.8. The van der Waals surface area contributed by atoms with E-state index in [9.17, 15) is 18.0 Å². The maximum absolute atomic E-state index is 12.4. The summed E-state index contributed by atoms with van der Waals surface area (Å²) in [5.74, 6) is -2.18. The van der Waals surface area contributed by atoms with Crippen LogP contribution >= 0.6 is 0 Å². The molecule has 1 aromatic heterocycles. The van der Waals surface area contributed by atoms with E-state index in [1.54, 1.807) is 0 Å². The molecule has 1 aliphatic rings. The SMILES string of the molecule is O=C(O[N+]1(Cc2cocn2)CCCNCC1)C(F)(F)F. The lowest BCUT2D eigenvalue weighted by molar-refractivity contribution is -1.10. The number of hydrogen-bond donors (Lipinski definition) is 1. The van der Waals surface area contributed by atoms with Crippen LogP contribution in [0.5, 0.6) is 0 Å². The average molecular weight is 294 g/mol. The third-order valence-electron chi connectivity index (χ3n) is 3.06. The van der Waals surface area contributed by atoms with Gasteiger partial charge >= 0.3 is 12.1 Å². The van der Waals surface area contributed by atoms with E-state index >= 15 is 0 Å². The molecule has 1 aliphatic heterocycles. The molecule has 0 radical (unpaired) electrons. The molecule has 0 spiro atoms. The van der Waals surface area contributed by atoms with Gasteiger partial charge in [0.2, 0.25) is 0 Å². The molecule has 2 heterocycles. The molecular weight excluding hydrogens is 279 g/mol. The van der Waals surface area contributed by atoms with Crippen LogP contribution in [0.2, 0.25) is 0 Å². The quantitative estimate of drug-likeness (QED) is 0.843. The zero-order valence-corrected chi connectivity index (χ0v) is 10.7. The summed E-state index contributed by atoms with van der Waals surface area (Å²) in [5, 5.41) is 3.06. The van der Waals surface area contributed by atoms with Crippen LogP contribution in [-0.4, -0.2) is 48.0 Å². The van der Waals surface area contributed by atoms with Crippen molar-refractivity contribution in [1.29, 1.82) is 0 Å². The van der Waals surface area contributed by atoms with Gasteiger partial charge in [-0.2, -0.15) is 13.2 Å². The zero-order chi connectivity index (χ0) is 14.6. The fourth-order valence-corrected chi connectivity index (χ4v) is 2.13. The normalized spacial score (nSPS) is 24.1. The molecule has 0 aliphatic carbocycles. The minimum atomic E-state index is -5.01. The summed E-state index contributed by atoms with van der Waals surface area (Å²) in [7, 11) is 0. The lowest BCUT2D eigenvalue weighted by Crippen LogP contribution is -2.52. The first-order valence-corrected chi connectivity index (χ1v) is 6.16. The minimum Gasteiger partial charge on any atom is -0.451 e. The summed E-state index contributed by atoms with van der Waals surface area (Å²) >= 11 is 0. The Morgan fingerprint density at radius 3 is 2.90 bits per heavy atom. The van der Waals surface area contributed by atoms with Crippen molar-refractivity contribution in [2.75, 3.05) is 26.2 Å². The number of alkyl halides is 3. The molecule has 1 fully saturated rings. The van der Waals surface area contributed by atoms with Gasteiger partial charge in [0.05, 0.1) is 0 Å². The number of rotatable bonds is 3. The number of carbonyl (C=O) groups is 1. The van der Waals surface area contributed by atoms with Crippen LogP contribution in [0.25, 0.3) is 0 Å². The minimum absolute atomic E-state index is 0.0556. The second-order valence-electron chi connectivity index (χ2n) is 4.62. The molecule has 0 aromatic carbocycles. The van der Waals surface area contributed by atoms with Gasteiger partial charge in [-0.15, -0.1) is 4.65 Å². The summed E-state index contributed by atoms with van der Waals surface area (Å²) in [6, 6.07) is 0. The third-order valence-corrected chi connectivity index (χ3v) is 3.06. The van der Waals surface area contributed by atoms with Crippen molar-refractivity contribution in [3.05, 3.63) is 18.4 Å². The van der Waals surface area contributed by atoms with Gasteiger partial charge in [0, 0.05) is 19.5 Å². The smallest absolute Gasteiger partial charge is 0.451 e. The largest absolute Gasteiger partial charge is 0.497 e. The van der Waals surface area contributed by atoms with Crippen molar-refractivity contribution in [3.63, 3.8) is 0 Å². The van der Waals surface area contributed by atoms with Crippen LogP contribution in [0.15, 0.2) is 17.1 Å². The third kappa shape index (κ3) is 3.70. The van der Waals surface area contributed by atoms with Crippen molar-refractivity contribution >= 4 is 5.97 Å². The predicted molar refractivity (Wildman–Crippen MR) is 59.8 cm³/mol. The van der Waals surface area contributed by atoms with E-state index in [1.807, 2.05) is 0 Å². The molecule has 1 saturated heterocycles. The van der Waals surface area contributed by atoms with Gasteiger partial charge in [-0.05, 0) is 0 Å². The maximum Gasteiger partial charge on any atom is 0.497 e. The second-order valence-corrected chi connectivity index (χ2v) is 4.62. The zero-order valence-electron chi connectivity index (χ0n) is 10.7. The van der Waals surface area contributed by atoms with E-state index in [0.717, 1.165) is 0 Å². The van der Waals surface area contributed by atoms with Crippen LogP contribution in [0.4, 0.5) is 13.2 Å². The molecule has 2 rings (SSSR count). The number of quaternary nitrogens is 1. The van der Waals surface area contributed by atoms with E-state index in [0.29, 0.717) is 31.7 Å². The van der Waals surface area contributed by atoms with E-state index < -0.39 is 16.8 Å². The predicted octanol–water partition coefficient (Wildman–Crippen LogP) is 1.01. The van der Waals surface area contributed by atoms with Crippen molar-refractivity contribution in [2.45, 2.75) is 19.1 Å². The van der Waals surface area contributed by atoms with Crippen molar-refractivity contribution in [1.82, 2.24) is 10.3 Å². The average Bonchev–Trinajstić information content (AvgIpc) is 2.74. The Morgan fingerprint density at radius 1 is 1.45 bits per heavy atom. The molecule has 6 nitrogen and oxygen atoms in total. The Bertz CT molecular complexity index is 440. The van der Waals surface area contributed by atoms with E-state index in [4.69, 9.17) is 9.25 Å². The van der Waals surface area contributed by atoms with Gasteiger partial charge in [-0.25, -0.2) is 9.78 Å². The summed E-state index contributed by atoms with van der Waals surface area (Å²) in [4.78, 5) is 19.8. The van der Waals surface area contributed by atoms with Gasteiger partial charge in [-0.1, -0.05) is 0 Å². The molecule has 1 atom stereocenters. The number of halogens is 3. The molecule has 20 heavy (non-hydrogen) atoms. The molecule has 1 N–H and O–H groups in total. The van der Waals surface area contributed by atoms with Crippen molar-refractivity contribution in [3.8, 4) is 0 Å². The van der Waals surface area contributed by atoms with E-state index in [2.05, 4.69) is 10.3 Å². The van der Waals surface area contributed by atoms with Crippen LogP contribution in [0.1, 0.15) is 12.1 Å². The molecular formula is C11H15F3N3O3+. The summed E-state index contributed by atoms with van der Waals surface area (Å²) in [5.41, 5.74) is 0.446. The van der Waals surface area contributed by atoms with Crippen LogP contribution < -0.4 is 5.32 Å². The van der Waals surface area contributed by atoms with Gasteiger partial charge in [0.1, 0.15) is 25.0 Å². The molecule has 9 heteroatoms. The highest BCUT2D eigenvalue weighted by atomic mass is 19.4. The summed E-state index contributed by atoms with van der Waals surface area (Å²) < 4.78 is 41.6. The number of aromatic nitrogens is 1. The van der Waals surface area contributed by atoms with Crippen LogP contribution in [0, 0.1) is 0 Å². The van der Waals surface area contributed by atoms with Gasteiger partial charge in [-0.3, -0.25) is 4.84 Å². The highest BCUT2D eigenvalue weighted by Crippen LogP contribution is 2.23. The van der Waals surface area contributed by atoms with Crippen molar-refractivity contribution < 1.29 is 31.9 Å². The van der Waals surface area contributed by atoms with Crippen LogP contribution in [0.3, 0.4) is 0 Å². The Balaban J connectivity index is 2.16. The van der Waals surface area contributed by atoms with Gasteiger partial charge in [0.25, 0.3) is 0 Å². The van der Waals surface area contributed by atoms with Crippen molar-refractivity contribution in [2.24, 2.45) is 0 Å². The second kappa shape index (κ2) is 5.80. The lowest BCUT2D eigenvalue weighted by Gasteiger charge is -2.32. The molecule has 1 unspecified atom stereocenters. The Hall–Kier alpha value is -1.61. The topological polar surface area (TPSA) is 64.4 Å². The number of oxazole rings is 1. The molecule has 0 saturated carbocycles. The van der Waals surface area contributed by atoms with Gasteiger partial charge < -0.3 is 9.73 Å². The molecule has 0 bridgehead atoms. The van der Waals surface area contributed by atoms with E-state index in [1.165, 1.54) is 12.7 Å². The Morgan fingerprint density at radius 2 is 2.25 bits per heavy atom. The standard InChI is InChI=1S/C11H15F3N3O3/c12-11(13,14)10(18)20-17(4-1-2-15-3-5-17)6-9-7-19-8-16-9/h7-8,15H,1-6H2/q+1. The number of nitrogens with one attached hydrogen (secondary N) is 1. The fourth-order valence-electron chi connectivity index (χ4n) is 2.13. The summed E-state index contributed by atoms with van der Waals surface area (Å²) in [6.45, 7) is 1.72. The highest BCUT2D eigenvalue weighted by molar-refractivity contribution is 5.74. The lowest BCUT2D eigenvalue weighted by atomic mass is 10.3. The maximum atomic E-state index is 12.4. The van der Waals surface area contributed by atoms with E-state index in [-0.39, 0.29) is 13.1 Å². The number of hydrogen-bond acceptors (Lipinski definition) is 5. The molecule has 0 amide bonds. The monoisotopic (exact) mass is 294 g/mol. The molecule has 1 aromatic rings. The number of carbonyl (C=O) groups excluding carboxylic acids is 1. The first-order chi connectivity index (χ1) is 9.41. The Labute approximate surface area is 113 Å². The highest BCUT2D eigenvalue weighted by Gasteiger charge is 2.48. The summed E-state index contributed by atoms with van der Waals surface area (Å²) in [6.07, 6.45) is -1.88. The molecule has 112 valence electrons. The fraction of sp³-hybridized carbons (Fsp3) is 0.636. The number of hydroxylamine groups is 3. The van der Waals surface area contributed by atoms with Crippen LogP contribution in [-0.2, 0) is 16.2 Å². The first-order valence-electron chi connectivity index (χ1n) is 6.16. The van der Waals surface area contributed by atoms with Gasteiger partial charge in [0.15, 0.2) is 12.9 Å². The number of nitrogens with zero attached hydrogens (tertiary/aromatic N) is 2.